The Kier molecular flexibility index (Phi) is 18.8. The first-order valence-electron chi connectivity index (χ1n) is 10.7. The van der Waals surface area contributed by atoms with Crippen LogP contribution in [0, 0.1) is 17.1 Å². The van der Waals surface area contributed by atoms with Crippen LogP contribution in [0.3, 0.4) is 0 Å². The summed E-state index contributed by atoms with van der Waals surface area (Å²) in [6.07, 6.45) is -1.78. The van der Waals surface area contributed by atoms with E-state index in [1.54, 1.807) is 12.1 Å². The minimum atomic E-state index is -4.44. The molecular formula is C27H40F4N4OY. The van der Waals surface area contributed by atoms with Crippen LogP contribution in [0.4, 0.5) is 23.4 Å². The van der Waals surface area contributed by atoms with Crippen molar-refractivity contribution in [2.75, 3.05) is 11.9 Å². The second kappa shape index (κ2) is 17.6. The fourth-order valence-corrected chi connectivity index (χ4v) is 3.56. The molecule has 0 bridgehead atoms. The summed E-state index contributed by atoms with van der Waals surface area (Å²) < 4.78 is 50.7. The molecule has 1 N–H and O–H groups in total. The van der Waals surface area contributed by atoms with Crippen LogP contribution in [0.1, 0.15) is 85.4 Å². The molecule has 1 aromatic heterocycles. The fourth-order valence-electron chi connectivity index (χ4n) is 3.56. The summed E-state index contributed by atoms with van der Waals surface area (Å²) in [5.41, 5.74) is 0.300. The van der Waals surface area contributed by atoms with Gasteiger partial charge in [-0.2, -0.15) is 18.4 Å². The number of nitrogens with one attached hydrogen (secondary N) is 1. The largest absolute Gasteiger partial charge is 0.416 e. The van der Waals surface area contributed by atoms with Crippen molar-refractivity contribution in [3.05, 3.63) is 59.0 Å². The molecular weight excluding hydrogens is 561 g/mol. The molecule has 1 aliphatic rings. The van der Waals surface area contributed by atoms with Crippen LogP contribution in [0.2, 0.25) is 0 Å². The van der Waals surface area contributed by atoms with E-state index in [0.29, 0.717) is 12.3 Å². The molecule has 2 aromatic rings. The zero-order valence-electron chi connectivity index (χ0n) is 19.7. The number of hydrogen-bond acceptors (Lipinski definition) is 4. The molecule has 1 amide bonds. The fraction of sp³-hybridized carbons (Fsp3) is 0.519. The number of likely N-dealkylation sites (tertiary alicyclic amines) is 1. The van der Waals surface area contributed by atoms with Crippen LogP contribution in [0.25, 0.3) is 0 Å². The molecule has 5 nitrogen and oxygen atoms in total. The molecule has 0 saturated carbocycles. The predicted octanol–water partition coefficient (Wildman–Crippen LogP) is 7.64. The predicted molar refractivity (Wildman–Crippen MR) is 138 cm³/mol. The van der Waals surface area contributed by atoms with Crippen molar-refractivity contribution >= 4 is 11.7 Å². The summed E-state index contributed by atoms with van der Waals surface area (Å²) >= 11 is 0. The number of nitrogens with zero attached hydrogens (tertiary/aromatic N) is 3. The van der Waals surface area contributed by atoms with Gasteiger partial charge in [0.25, 0.3) is 0 Å². The van der Waals surface area contributed by atoms with Gasteiger partial charge in [-0.15, -0.1) is 0 Å². The van der Waals surface area contributed by atoms with E-state index in [2.05, 4.69) is 10.3 Å². The van der Waals surface area contributed by atoms with E-state index < -0.39 is 17.6 Å². The first kappa shape index (κ1) is 39.6. The second-order valence-electron chi connectivity index (χ2n) is 8.41. The van der Waals surface area contributed by atoms with Crippen molar-refractivity contribution in [2.24, 2.45) is 0 Å². The summed E-state index contributed by atoms with van der Waals surface area (Å²) in [5, 5.41) is 11.0. The zero-order valence-corrected chi connectivity index (χ0v) is 22.5. The van der Waals surface area contributed by atoms with E-state index in [4.69, 9.17) is 5.26 Å². The topological polar surface area (TPSA) is 69.0 Å². The SMILES string of the molecule is C.C.C.CC(C)N1CCCC1C(=O)Nc1cc(C(F)(F)F)ccn1.CC(C)c1ccc(F)c(C#N)c1.[Y]. The summed E-state index contributed by atoms with van der Waals surface area (Å²) in [5.74, 6) is -0.474. The van der Waals surface area contributed by atoms with E-state index in [0.717, 1.165) is 36.9 Å². The smallest absolute Gasteiger partial charge is 0.309 e. The van der Waals surface area contributed by atoms with Crippen molar-refractivity contribution in [3.63, 3.8) is 0 Å². The van der Waals surface area contributed by atoms with Gasteiger partial charge in [0.1, 0.15) is 17.7 Å². The van der Waals surface area contributed by atoms with Gasteiger partial charge in [-0.25, -0.2) is 9.37 Å². The number of alkyl halides is 3. The summed E-state index contributed by atoms with van der Waals surface area (Å²) in [6, 6.07) is 8.11. The third-order valence-electron chi connectivity index (χ3n) is 5.38. The maximum atomic E-state index is 12.8. The minimum Gasteiger partial charge on any atom is -0.309 e. The van der Waals surface area contributed by atoms with Gasteiger partial charge < -0.3 is 5.32 Å². The maximum absolute atomic E-state index is 12.8. The number of anilines is 1. The number of rotatable bonds is 4. The first-order chi connectivity index (χ1) is 15.4. The van der Waals surface area contributed by atoms with E-state index >= 15 is 0 Å². The third kappa shape index (κ3) is 11.6. The number of carbonyl (C=O) groups excluding carboxylic acids is 1. The third-order valence-corrected chi connectivity index (χ3v) is 5.38. The molecule has 3 rings (SSSR count). The van der Waals surface area contributed by atoms with Crippen LogP contribution in [0.5, 0.6) is 0 Å². The van der Waals surface area contributed by atoms with Gasteiger partial charge in [-0.1, -0.05) is 42.2 Å². The molecule has 10 heteroatoms. The van der Waals surface area contributed by atoms with Crippen molar-refractivity contribution in [1.82, 2.24) is 9.88 Å². The van der Waals surface area contributed by atoms with Gasteiger partial charge in [-0.3, -0.25) is 9.69 Å². The van der Waals surface area contributed by atoms with Crippen LogP contribution in [-0.4, -0.2) is 34.4 Å². The average molecular weight is 602 g/mol. The van der Waals surface area contributed by atoms with Crippen LogP contribution in [-0.2, 0) is 43.7 Å². The maximum Gasteiger partial charge on any atom is 0.416 e. The number of amides is 1. The molecule has 0 aliphatic carbocycles. The number of benzene rings is 1. The molecule has 2 heterocycles. The molecule has 1 saturated heterocycles. The number of hydrogen-bond donors (Lipinski definition) is 1. The van der Waals surface area contributed by atoms with Crippen molar-refractivity contribution in [2.45, 2.75) is 87.0 Å². The van der Waals surface area contributed by atoms with E-state index in [-0.39, 0.29) is 84.4 Å². The Hall–Kier alpha value is -1.89. The Bertz CT molecular complexity index is 1010. The van der Waals surface area contributed by atoms with Crippen molar-refractivity contribution < 1.29 is 55.1 Å². The second-order valence-corrected chi connectivity index (χ2v) is 8.41. The van der Waals surface area contributed by atoms with Gasteiger partial charge in [0.15, 0.2) is 0 Å². The Labute approximate surface area is 244 Å². The van der Waals surface area contributed by atoms with Crippen molar-refractivity contribution in [3.8, 4) is 6.07 Å². The number of pyridine rings is 1. The monoisotopic (exact) mass is 601 g/mol. The summed E-state index contributed by atoms with van der Waals surface area (Å²) in [4.78, 5) is 18.0. The Balaban J connectivity index is -0.000000631. The quantitative estimate of drug-likeness (QED) is 0.366. The molecule has 1 aromatic carbocycles. The Morgan fingerprint density at radius 2 is 1.76 bits per heavy atom. The minimum absolute atomic E-state index is 0. The van der Waals surface area contributed by atoms with Gasteiger partial charge in [0.2, 0.25) is 5.91 Å². The van der Waals surface area contributed by atoms with E-state index in [9.17, 15) is 22.4 Å². The summed E-state index contributed by atoms with van der Waals surface area (Å²) in [7, 11) is 0. The van der Waals surface area contributed by atoms with E-state index in [1.807, 2.05) is 38.7 Å². The number of aromatic nitrogens is 1. The van der Waals surface area contributed by atoms with Crippen molar-refractivity contribution in [1.29, 1.82) is 5.26 Å². The van der Waals surface area contributed by atoms with Crippen LogP contribution < -0.4 is 5.32 Å². The van der Waals surface area contributed by atoms with Gasteiger partial charge in [0, 0.05) is 44.9 Å². The molecule has 0 spiro atoms. The van der Waals surface area contributed by atoms with Crippen LogP contribution in [0.15, 0.2) is 36.5 Å². The zero-order chi connectivity index (χ0) is 24.8. The molecule has 1 atom stereocenters. The molecule has 37 heavy (non-hydrogen) atoms. The standard InChI is InChI=1S/C14H18F3N3O.C10H10FN.3CH4.Y/c1-9(2)20-7-3-4-11(20)13(21)19-12-8-10(5-6-18-12)14(15,16)17;1-7(2)8-3-4-10(11)9(5-8)6-12;;;;/h5-6,8-9,11H,3-4,7H2,1-2H3,(H,18,19,21);3-5,7H,1-2H3;3*1H4;. The summed E-state index contributed by atoms with van der Waals surface area (Å²) in [6.45, 7) is 8.83. The molecule has 1 radical (unpaired) electrons. The van der Waals surface area contributed by atoms with Gasteiger partial charge in [0.05, 0.1) is 17.2 Å². The molecule has 1 fully saturated rings. The molecule has 1 unspecified atom stereocenters. The molecule has 205 valence electrons. The Morgan fingerprint density at radius 3 is 2.27 bits per heavy atom. The first-order valence-corrected chi connectivity index (χ1v) is 10.7. The number of halogens is 4. The Morgan fingerprint density at radius 1 is 1.14 bits per heavy atom. The average Bonchev–Trinajstić information content (AvgIpc) is 3.24. The number of carbonyl (C=O) groups is 1. The van der Waals surface area contributed by atoms with Crippen LogP contribution >= 0.6 is 0 Å². The number of nitriles is 1. The van der Waals surface area contributed by atoms with Gasteiger partial charge >= 0.3 is 6.18 Å². The normalized spacial score (nSPS) is 14.6. The van der Waals surface area contributed by atoms with Gasteiger partial charge in [-0.05, 0) is 69.0 Å². The molecule has 1 aliphatic heterocycles. The van der Waals surface area contributed by atoms with E-state index in [1.165, 1.54) is 6.07 Å².